The molecule has 0 radical (unpaired) electrons. The zero-order valence-electron chi connectivity index (χ0n) is 74.7. The van der Waals surface area contributed by atoms with Gasteiger partial charge in [0.2, 0.25) is 0 Å². The Morgan fingerprint density at radius 3 is 0.974 bits per heavy atom. The second kappa shape index (κ2) is 38.6. The van der Waals surface area contributed by atoms with E-state index in [4.69, 9.17) is 38.3 Å². The van der Waals surface area contributed by atoms with Gasteiger partial charge in [0.05, 0.1) is 22.3 Å². The maximum absolute atomic E-state index is 11.7. The molecule has 0 amide bonds. The molecule has 0 bridgehead atoms. The summed E-state index contributed by atoms with van der Waals surface area (Å²) in [5.41, 5.74) is 25.2. The van der Waals surface area contributed by atoms with Crippen LogP contribution >= 0.6 is 0 Å². The summed E-state index contributed by atoms with van der Waals surface area (Å²) in [6, 6.07) is 28.4. The number of nitrogens with zero attached hydrogens (tertiary/aromatic N) is 4. The lowest BCUT2D eigenvalue weighted by atomic mass is 9.84. The van der Waals surface area contributed by atoms with Crippen molar-refractivity contribution >= 4 is 86.2 Å². The van der Waals surface area contributed by atoms with E-state index < -0.39 is 5.41 Å². The van der Waals surface area contributed by atoms with E-state index in [1.807, 2.05) is 134 Å². The molecule has 3 fully saturated rings. The average Bonchev–Trinajstić information content (AvgIpc) is 1.61. The summed E-state index contributed by atoms with van der Waals surface area (Å²) < 4.78 is 27.1. The molecule has 7 aromatic heterocycles. The van der Waals surface area contributed by atoms with Crippen molar-refractivity contribution in [3.05, 3.63) is 220 Å². The van der Waals surface area contributed by atoms with Crippen molar-refractivity contribution in [2.75, 3.05) is 14.2 Å². The second-order valence-electron chi connectivity index (χ2n) is 36.6. The number of carbonyl (C=O) groups excluding carboxylic acids is 5. The lowest BCUT2D eigenvalue weighted by Crippen LogP contribution is -2.34. The Kier molecular flexibility index (Phi) is 30.8. The number of methoxy groups -OCH3 is 2. The zero-order valence-corrected chi connectivity index (χ0v) is 74.7. The number of hydrogen-bond donors (Lipinski definition) is 7. The highest BCUT2D eigenvalue weighted by Gasteiger charge is 2.43. The van der Waals surface area contributed by atoms with Crippen molar-refractivity contribution in [3.63, 3.8) is 0 Å². The average molecular weight is 1600 g/mol. The first-order chi connectivity index (χ1) is 54.6. The highest BCUT2D eigenvalue weighted by atomic mass is 16.7. The lowest BCUT2D eigenvalue weighted by molar-refractivity contribution is -0.191. The highest BCUT2D eigenvalue weighted by Crippen LogP contribution is 2.47. The second-order valence-corrected chi connectivity index (χ2v) is 36.6. The number of hydrogen-bond acceptors (Lipinski definition) is 14. The number of nitrogens with one attached hydrogen (secondary N) is 7. The van der Waals surface area contributed by atoms with E-state index in [1.165, 1.54) is 62.2 Å². The first-order valence-corrected chi connectivity index (χ1v) is 40.1. The molecular weight excluding hydrogens is 1470 g/mol. The van der Waals surface area contributed by atoms with Gasteiger partial charge < -0.3 is 58.6 Å². The monoisotopic (exact) mass is 1600 g/mol. The molecule has 117 heavy (non-hydrogen) atoms. The van der Waals surface area contributed by atoms with Crippen LogP contribution in [-0.4, -0.2) is 103 Å². The number of aromatic amines is 7. The van der Waals surface area contributed by atoms with Gasteiger partial charge in [-0.25, -0.2) is 0 Å². The van der Waals surface area contributed by atoms with Crippen molar-refractivity contribution < 1.29 is 47.7 Å². The molecule has 3 saturated heterocycles. The fourth-order valence-corrected chi connectivity index (χ4v) is 13.8. The van der Waals surface area contributed by atoms with Gasteiger partial charge in [-0.15, -0.1) is 0 Å². The Labute approximate surface area is 693 Å². The van der Waals surface area contributed by atoms with E-state index in [0.29, 0.717) is 18.6 Å². The summed E-state index contributed by atoms with van der Waals surface area (Å²) in [6.07, 6.45) is 18.4. The molecule has 7 aromatic rings. The number of aldehydes is 1. The molecule has 0 aliphatic carbocycles. The number of esters is 2. The van der Waals surface area contributed by atoms with Crippen LogP contribution in [0.4, 0.5) is 0 Å². The van der Waals surface area contributed by atoms with E-state index in [-0.39, 0.29) is 62.3 Å². The Bertz CT molecular complexity index is 4840. The topological polar surface area (TPSA) is 291 Å². The summed E-state index contributed by atoms with van der Waals surface area (Å²) in [5, 5.41) is 0. The van der Waals surface area contributed by atoms with Crippen LogP contribution in [0.1, 0.15) is 271 Å². The number of ether oxygens (including phenoxy) is 5. The third-order valence-corrected chi connectivity index (χ3v) is 22.9. The smallest absolute Gasteiger partial charge is 0.373 e. The largest absolute Gasteiger partial charge is 0.466 e. The Morgan fingerprint density at radius 2 is 0.718 bits per heavy atom. The molecule has 14 heterocycles. The van der Waals surface area contributed by atoms with Crippen LogP contribution in [0.25, 0.3) is 39.0 Å². The number of carbonyl (C=O) groups is 3. The Morgan fingerprint density at radius 1 is 0.419 bits per heavy atom. The number of cyclic esters (lactones) is 2. The Balaban J connectivity index is 0.000000188. The molecule has 0 aromatic carbocycles. The van der Waals surface area contributed by atoms with E-state index in [1.54, 1.807) is 14.2 Å². The van der Waals surface area contributed by atoms with Crippen LogP contribution in [0.3, 0.4) is 0 Å². The quantitative estimate of drug-likeness (QED) is 0.0365. The molecule has 7 aliphatic heterocycles. The molecule has 0 saturated carbocycles. The molecule has 0 spiro atoms. The van der Waals surface area contributed by atoms with Gasteiger partial charge in [0.15, 0.2) is 12.6 Å². The minimum absolute atomic E-state index is 0.0418. The predicted molar refractivity (Wildman–Crippen MR) is 474 cm³/mol. The summed E-state index contributed by atoms with van der Waals surface area (Å²) in [5.74, 6) is 3.20. The van der Waals surface area contributed by atoms with Gasteiger partial charge in [0, 0.05) is 225 Å². The first kappa shape index (κ1) is 93.4. The summed E-state index contributed by atoms with van der Waals surface area (Å²) in [4.78, 5) is 91.5. The van der Waals surface area contributed by atoms with Crippen LogP contribution in [0, 0.1) is 37.9 Å². The van der Waals surface area contributed by atoms with Gasteiger partial charge in [0.1, 0.15) is 23.0 Å². The fraction of sp³-hybridized carbons (Fsp3) is 0.458. The lowest BCUT2D eigenvalue weighted by Gasteiger charge is -2.24. The van der Waals surface area contributed by atoms with Crippen LogP contribution in [0.15, 0.2) is 194 Å². The summed E-state index contributed by atoms with van der Waals surface area (Å²) in [7, 11) is 3.29. The third-order valence-electron chi connectivity index (χ3n) is 22.9. The van der Waals surface area contributed by atoms with E-state index >= 15 is 0 Å². The standard InChI is InChI=1S/C16H23NO2.C15H22N2O2.C13H16N2O.2C13H18N2.C13H17NO.C12H15NO2.CO2/c1-10(12-9-16(5,6)14(18)19-12)11-7-8-13(17-11)15(2,3)4;1-10(11-7-6-8-16-11)12-9-15(2,3)13(17-12)14(18-4)19-5;1-9(10-5-4-6-14-10)11-7-13(2,3)12(8-16)15-11;3*1-9(11-6-5-7-14-11)12-8-13(3,4)10(2)15-12;1-8(9-5-4-6-13-9)10-7-12(2,3)11(14)15-10;2-1-3/h7-8,17H,9H2,1-6H3;6-8,14,16H,9H2,1-5H3;4-6,8,14H,7H2,1-3H3;2*5-7,14H,8H2,1-4H3;5-7,14H,2,8H2,1,3-4H3;4-6,13H,7H2,1-3H3;/b12-10+;12-10-;11-9-;2*12-9-;12-9+;10-8+;. The summed E-state index contributed by atoms with van der Waals surface area (Å²) in [6.45, 7) is 58.6. The minimum Gasteiger partial charge on any atom is -0.466 e. The van der Waals surface area contributed by atoms with Gasteiger partial charge in [-0.2, -0.15) is 9.59 Å². The fourth-order valence-electron chi connectivity index (χ4n) is 13.8. The van der Waals surface area contributed by atoms with E-state index in [0.717, 1.165) is 124 Å². The van der Waals surface area contributed by atoms with Gasteiger partial charge >= 0.3 is 18.1 Å². The van der Waals surface area contributed by atoms with Crippen LogP contribution in [0.5, 0.6) is 0 Å². The third kappa shape index (κ3) is 23.8. The van der Waals surface area contributed by atoms with Crippen molar-refractivity contribution in [3.8, 4) is 0 Å². The summed E-state index contributed by atoms with van der Waals surface area (Å²) >= 11 is 0. The number of aliphatic imine (C=N–C) groups is 4. The normalized spacial score (nSPS) is 21.6. The maximum Gasteiger partial charge on any atom is 0.373 e. The molecule has 628 valence electrons. The maximum atomic E-state index is 11.7. The van der Waals surface area contributed by atoms with Gasteiger partial charge in [0.25, 0.3) is 0 Å². The molecule has 7 aliphatic rings. The van der Waals surface area contributed by atoms with Crippen molar-refractivity contribution in [1.29, 1.82) is 0 Å². The molecule has 21 nitrogen and oxygen atoms in total. The van der Waals surface area contributed by atoms with Crippen molar-refractivity contribution in [2.45, 2.75) is 237 Å². The zero-order chi connectivity index (χ0) is 87.1. The molecule has 14 rings (SSSR count). The Hall–Kier alpha value is -10.7. The highest BCUT2D eigenvalue weighted by molar-refractivity contribution is 6.32. The number of rotatable bonds is 11. The molecular formula is C96H129N11O10. The molecule has 21 heteroatoms. The van der Waals surface area contributed by atoms with Gasteiger partial charge in [-0.05, 0) is 197 Å². The number of H-pyrrole nitrogens is 7. The van der Waals surface area contributed by atoms with E-state index in [2.05, 4.69) is 224 Å². The van der Waals surface area contributed by atoms with Gasteiger partial charge in [-0.1, -0.05) is 96.6 Å². The van der Waals surface area contributed by atoms with Gasteiger partial charge in [-0.3, -0.25) is 34.4 Å². The number of allylic oxidation sites excluding steroid dienone is 15. The molecule has 0 atom stereocenters. The minimum atomic E-state index is -0.407. The van der Waals surface area contributed by atoms with Crippen LogP contribution < -0.4 is 0 Å². The van der Waals surface area contributed by atoms with Crippen LogP contribution in [0.2, 0.25) is 0 Å². The molecule has 7 N–H and O–H groups in total. The first-order valence-electron chi connectivity index (χ1n) is 40.1. The molecule has 0 unspecified atom stereocenters. The van der Waals surface area contributed by atoms with Crippen molar-refractivity contribution in [2.24, 2.45) is 57.9 Å². The predicted octanol–water partition coefficient (Wildman–Crippen LogP) is 23.2. The van der Waals surface area contributed by atoms with Crippen molar-refractivity contribution in [1.82, 2.24) is 34.9 Å². The van der Waals surface area contributed by atoms with Crippen LogP contribution in [-0.2, 0) is 53.1 Å². The van der Waals surface area contributed by atoms with E-state index in [9.17, 15) is 14.4 Å². The number of aromatic nitrogens is 7. The SMILES string of the molecule is C/C(=C1/CC(C)(C)C(=O)O1)c1ccc(C(C)(C)C)[nH]1.C/C(=C1/CC(C)(C)C(=O)O1)c1ccc[nH]1.C/C(=C1\CC(C)(C)C(C=O)=N1)c1ccc[nH]1.C=C1O/C(=C(\C)c2ccc[nH]2)CC1(C)C.CC1=N/C(=C(/C)c2ccc[nH]2)CC1(C)C.CC1=N/C(=C(/C)c2ccc[nH]2)CC1(C)C.COC(OC)C1=N/C(=C(/C)c2ccc[nH]2)CC1(C)C.O=C=O.